The Balaban J connectivity index is 0.00000338. The molecular formula is C26H15N5Na4O13S4. The van der Waals surface area contributed by atoms with Gasteiger partial charge in [0.2, 0.25) is 0 Å². The molecule has 18 nitrogen and oxygen atoms in total. The average molecular weight is 826 g/mol. The number of nitrogens with two attached hydrogens (primary N) is 1. The van der Waals surface area contributed by atoms with Crippen LogP contribution in [0.3, 0.4) is 0 Å². The van der Waals surface area contributed by atoms with Crippen molar-refractivity contribution >= 4 is 94.3 Å². The summed E-state index contributed by atoms with van der Waals surface area (Å²) in [4.78, 5) is -0.952. The fraction of sp³-hybridized carbons (Fsp3) is 0. The second kappa shape index (κ2) is 21.9. The third-order valence-corrected chi connectivity index (χ3v) is 9.28. The minimum Gasteiger partial charge on any atom is -0.744 e. The van der Waals surface area contributed by atoms with Crippen molar-refractivity contribution in [3.8, 4) is 5.75 Å². The first-order valence-corrected chi connectivity index (χ1v) is 16.9. The van der Waals surface area contributed by atoms with E-state index in [0.717, 1.165) is 24.3 Å². The Morgan fingerprint density at radius 3 is 1.85 bits per heavy atom. The van der Waals surface area contributed by atoms with Crippen molar-refractivity contribution in [2.75, 3.05) is 5.73 Å². The Morgan fingerprint density at radius 2 is 1.25 bits per heavy atom. The molecule has 0 unspecified atom stereocenters. The van der Waals surface area contributed by atoms with Gasteiger partial charge in [0, 0.05) is 26.7 Å². The van der Waals surface area contributed by atoms with Crippen molar-refractivity contribution in [2.45, 2.75) is 19.6 Å². The van der Waals surface area contributed by atoms with Crippen molar-refractivity contribution in [1.29, 1.82) is 0 Å². The minimum atomic E-state index is -5.00. The number of hydrogen-bond acceptors (Lipinski definition) is 20. The van der Waals surface area contributed by atoms with Gasteiger partial charge in [0.25, 0.3) is 0 Å². The van der Waals surface area contributed by atoms with Crippen molar-refractivity contribution in [2.24, 2.45) is 20.5 Å². The monoisotopic (exact) mass is 825 g/mol. The zero-order valence-corrected chi connectivity index (χ0v) is 38.5. The van der Waals surface area contributed by atoms with Crippen LogP contribution in [0.2, 0.25) is 0 Å². The first kappa shape index (κ1) is 49.7. The predicted molar refractivity (Wildman–Crippen MR) is 161 cm³/mol. The fourth-order valence-corrected chi connectivity index (χ4v) is 6.24. The van der Waals surface area contributed by atoms with Gasteiger partial charge in [-0.25, -0.2) is 16.8 Å². The maximum Gasteiger partial charge on any atom is 1.00 e. The molecule has 0 saturated carbocycles. The second-order valence-corrected chi connectivity index (χ2v) is 13.5. The number of nitrogen functional groups attached to an aromatic ring is 1. The van der Waals surface area contributed by atoms with Crippen molar-refractivity contribution in [1.82, 2.24) is 0 Å². The summed E-state index contributed by atoms with van der Waals surface area (Å²) in [6.07, 6.45) is 0. The van der Waals surface area contributed by atoms with Crippen LogP contribution in [0.1, 0.15) is 0 Å². The van der Waals surface area contributed by atoms with Crippen LogP contribution in [0.4, 0.5) is 28.4 Å². The Morgan fingerprint density at radius 1 is 0.654 bits per heavy atom. The van der Waals surface area contributed by atoms with Gasteiger partial charge in [0.15, 0.2) is 5.75 Å². The van der Waals surface area contributed by atoms with E-state index in [9.17, 15) is 41.6 Å². The van der Waals surface area contributed by atoms with Crippen molar-refractivity contribution < 1.29 is 179 Å². The first-order valence-electron chi connectivity index (χ1n) is 12.6. The molecule has 5 rings (SSSR count). The number of hydrogen-bond donors (Lipinski definition) is 2. The molecule has 0 atom stereocenters. The quantitative estimate of drug-likeness (QED) is 0.0225. The summed E-state index contributed by atoms with van der Waals surface area (Å²) in [5.74, 6) is -0.621. The summed E-state index contributed by atoms with van der Waals surface area (Å²) >= 11 is 0.943. The Labute approximate surface area is 391 Å². The van der Waals surface area contributed by atoms with Crippen LogP contribution in [0.15, 0.2) is 113 Å². The summed E-state index contributed by atoms with van der Waals surface area (Å²) in [6, 6.07) is 15.7. The van der Waals surface area contributed by atoms with E-state index in [0.29, 0.717) is 22.6 Å². The van der Waals surface area contributed by atoms with Gasteiger partial charge in [-0.3, -0.25) is 10.1 Å². The van der Waals surface area contributed by atoms with Gasteiger partial charge in [-0.1, -0.05) is 6.07 Å². The molecule has 5 aromatic rings. The molecule has 26 heteroatoms. The molecule has 0 aromatic heterocycles. The van der Waals surface area contributed by atoms with Gasteiger partial charge in [0.1, 0.15) is 25.9 Å². The molecule has 3 N–H and O–H groups in total. The van der Waals surface area contributed by atoms with E-state index in [4.69, 9.17) is 5.73 Å². The normalized spacial score (nSPS) is 11.6. The van der Waals surface area contributed by atoms with E-state index in [2.05, 4.69) is 39.2 Å². The summed E-state index contributed by atoms with van der Waals surface area (Å²) in [6.45, 7) is 0. The van der Waals surface area contributed by atoms with Crippen LogP contribution >= 0.6 is 24.1 Å². The van der Waals surface area contributed by atoms with Gasteiger partial charge in [-0.05, 0) is 72.1 Å². The number of benzene rings is 5. The number of nitrogens with zero attached hydrogens (tertiary/aromatic N) is 4. The topological polar surface area (TPSA) is 293 Å². The molecule has 0 aliphatic rings. The van der Waals surface area contributed by atoms with Crippen LogP contribution in [-0.4, -0.2) is 31.0 Å². The number of azo groups is 2. The van der Waals surface area contributed by atoms with E-state index >= 15 is 0 Å². The van der Waals surface area contributed by atoms with Gasteiger partial charge in [0.05, 0.1) is 55.8 Å². The molecule has 0 aliphatic carbocycles. The molecule has 0 aliphatic heterocycles. The van der Waals surface area contributed by atoms with Crippen LogP contribution in [0.25, 0.3) is 21.5 Å². The molecule has 0 spiro atoms. The van der Waals surface area contributed by atoms with E-state index in [1.807, 2.05) is 0 Å². The number of phenolic OH excluding ortho intramolecular Hbond substituents is 1. The Hall–Kier alpha value is -0.300. The predicted octanol–water partition coefficient (Wildman–Crippen LogP) is -7.60. The summed E-state index contributed by atoms with van der Waals surface area (Å²) in [5.41, 5.74) is 5.55. The van der Waals surface area contributed by atoms with E-state index in [1.54, 1.807) is 24.3 Å². The van der Waals surface area contributed by atoms with Crippen LogP contribution in [0, 0.1) is 0 Å². The molecule has 0 radical (unpaired) electrons. The van der Waals surface area contributed by atoms with Crippen LogP contribution < -0.4 is 134 Å². The summed E-state index contributed by atoms with van der Waals surface area (Å²) in [5, 5.41) is 55.1. The van der Waals surface area contributed by atoms with Crippen LogP contribution in [0.5, 0.6) is 5.75 Å². The molecule has 5 aromatic carbocycles. The molecule has 52 heavy (non-hydrogen) atoms. The van der Waals surface area contributed by atoms with Crippen molar-refractivity contribution in [3.63, 3.8) is 0 Å². The summed E-state index contributed by atoms with van der Waals surface area (Å²) in [7, 11) is -9.92. The number of phenols is 1. The molecule has 250 valence electrons. The number of rotatable bonds is 12. The molecule has 0 heterocycles. The van der Waals surface area contributed by atoms with Crippen LogP contribution in [-0.2, 0) is 39.0 Å². The third kappa shape index (κ3) is 12.3. The molecule has 0 saturated heterocycles. The van der Waals surface area contributed by atoms with Gasteiger partial charge in [-0.2, -0.15) is 13.8 Å². The van der Waals surface area contributed by atoms with E-state index in [1.165, 1.54) is 24.3 Å². The summed E-state index contributed by atoms with van der Waals surface area (Å²) < 4.78 is 79.0. The molecular weight excluding hydrogens is 811 g/mol. The van der Waals surface area contributed by atoms with Gasteiger partial charge < -0.3 is 30.5 Å². The SMILES string of the molecule is Nc1cc2c(O)c(N=Nc3ccc(N=Nc4ccc(SOO[O-])cc4)c4ccc(S(=O)(=O)[O-])cc34)c(SOO[O-])cc2cc1S(=O)(=O)[O-].[Na+].[Na+].[Na+].[Na+]. The first-order chi connectivity index (χ1) is 22.8. The Bertz CT molecular complexity index is 2320. The third-order valence-electron chi connectivity index (χ3n) is 6.36. The largest absolute Gasteiger partial charge is 1.00 e. The zero-order chi connectivity index (χ0) is 34.6. The van der Waals surface area contributed by atoms with E-state index < -0.39 is 41.5 Å². The standard InChI is InChI=1S/C26H19N5O13S4.4Na/c27-20-12-18-13(10-24(20)48(38,39)40)9-23(46-44-42-34)25(26(18)32)31-30-22-8-7-21(17-6-5-16(11-19(17)22)47(35,36)37)29-28-14-1-3-15(4-2-14)45-43-41-33;;;;/h1-12,32-34H,27H2,(H,35,36,37)(H,38,39,40);;;;/q;4*+1/p-4. The maximum absolute atomic E-state index is 11.8. The minimum absolute atomic E-state index is 0. The smallest absolute Gasteiger partial charge is 0.744 e. The van der Waals surface area contributed by atoms with Gasteiger partial charge >= 0.3 is 118 Å². The fourth-order valence-electron chi connectivity index (χ4n) is 4.28. The zero-order valence-electron chi connectivity index (χ0n) is 27.3. The van der Waals surface area contributed by atoms with Gasteiger partial charge in [-0.15, -0.1) is 15.3 Å². The average Bonchev–Trinajstić information content (AvgIpc) is 3.04. The second-order valence-electron chi connectivity index (χ2n) is 9.24. The number of fused-ring (bicyclic) bond motifs is 2. The Kier molecular flexibility index (Phi) is 20.9. The van der Waals surface area contributed by atoms with E-state index in [-0.39, 0.29) is 174 Å². The maximum atomic E-state index is 11.8. The number of aromatic hydroxyl groups is 1. The molecule has 0 amide bonds. The molecule has 0 bridgehead atoms. The molecule has 0 fully saturated rings. The van der Waals surface area contributed by atoms with Crippen molar-refractivity contribution in [3.05, 3.63) is 72.8 Å². The number of anilines is 1.